The third-order valence-electron chi connectivity index (χ3n) is 6.41. The lowest BCUT2D eigenvalue weighted by Crippen LogP contribution is -2.47. The summed E-state index contributed by atoms with van der Waals surface area (Å²) in [7, 11) is 1.59. The lowest BCUT2D eigenvalue weighted by atomic mass is 10.0. The first-order valence-corrected chi connectivity index (χ1v) is 11.2. The van der Waals surface area contributed by atoms with E-state index >= 15 is 4.39 Å². The maximum Gasteiger partial charge on any atom is 0.270 e. The van der Waals surface area contributed by atoms with Crippen LogP contribution < -0.4 is 15.8 Å². The third kappa shape index (κ3) is 4.32. The van der Waals surface area contributed by atoms with Crippen LogP contribution in [-0.4, -0.2) is 59.0 Å². The maximum atomic E-state index is 15.3. The van der Waals surface area contributed by atoms with Crippen molar-refractivity contribution in [2.24, 2.45) is 0 Å². The molecule has 2 N–H and O–H groups in total. The Bertz CT molecular complexity index is 1250. The van der Waals surface area contributed by atoms with Crippen molar-refractivity contribution in [1.82, 2.24) is 25.2 Å². The first-order valence-electron chi connectivity index (χ1n) is 11.2. The molecule has 0 radical (unpaired) electrons. The van der Waals surface area contributed by atoms with E-state index in [1.54, 1.807) is 25.2 Å². The van der Waals surface area contributed by atoms with Gasteiger partial charge in [0.15, 0.2) is 5.82 Å². The number of amides is 1. The van der Waals surface area contributed by atoms with Gasteiger partial charge in [0.2, 0.25) is 0 Å². The number of hydrogen-bond acceptors (Lipinski definition) is 6. The van der Waals surface area contributed by atoms with Crippen LogP contribution >= 0.6 is 0 Å². The van der Waals surface area contributed by atoms with Gasteiger partial charge >= 0.3 is 0 Å². The molecule has 1 atom stereocenters. The smallest absolute Gasteiger partial charge is 0.270 e. The van der Waals surface area contributed by atoms with Crippen LogP contribution in [0, 0.1) is 12.7 Å². The van der Waals surface area contributed by atoms with Crippen molar-refractivity contribution in [2.45, 2.75) is 33.2 Å². The number of aryl methyl sites for hydroxylation is 2. The van der Waals surface area contributed by atoms with Crippen LogP contribution in [0.1, 0.15) is 47.3 Å². The van der Waals surface area contributed by atoms with Crippen LogP contribution in [0.25, 0.3) is 11.0 Å². The summed E-state index contributed by atoms with van der Waals surface area (Å²) in [5.41, 5.74) is 3.46. The molecular formula is C24H29FN6O2. The highest BCUT2D eigenvalue weighted by molar-refractivity contribution is 5.92. The monoisotopic (exact) mass is 452 g/mol. The quantitative estimate of drug-likeness (QED) is 0.618. The molecule has 1 saturated heterocycles. The summed E-state index contributed by atoms with van der Waals surface area (Å²) >= 11 is 0. The Balaban J connectivity index is 1.50. The number of hydrogen-bond donors (Lipinski definition) is 2. The van der Waals surface area contributed by atoms with Crippen LogP contribution in [0.3, 0.4) is 0 Å². The van der Waals surface area contributed by atoms with Gasteiger partial charge in [0.25, 0.3) is 11.5 Å². The van der Waals surface area contributed by atoms with Gasteiger partial charge in [0, 0.05) is 44.8 Å². The predicted octanol–water partition coefficient (Wildman–Crippen LogP) is 2.57. The fourth-order valence-corrected chi connectivity index (χ4v) is 4.43. The van der Waals surface area contributed by atoms with Gasteiger partial charge in [-0.25, -0.2) is 14.4 Å². The minimum Gasteiger partial charge on any atom is -0.368 e. The minimum atomic E-state index is -0.417. The number of anilines is 1. The molecule has 1 aliphatic heterocycles. The Morgan fingerprint density at radius 2 is 1.91 bits per heavy atom. The molecule has 1 aliphatic rings. The van der Waals surface area contributed by atoms with Crippen LogP contribution in [-0.2, 0) is 6.42 Å². The van der Waals surface area contributed by atoms with Crippen LogP contribution in [0.4, 0.5) is 10.1 Å². The summed E-state index contributed by atoms with van der Waals surface area (Å²) in [6.07, 6.45) is 0.499. The number of nitrogens with zero attached hydrogens (tertiary/aromatic N) is 4. The second-order valence-electron chi connectivity index (χ2n) is 8.31. The number of H-pyrrole nitrogens is 1. The highest BCUT2D eigenvalue weighted by Gasteiger charge is 2.26. The molecule has 1 amide bonds. The molecule has 0 spiro atoms. The molecule has 8 nitrogen and oxygen atoms in total. The topological polar surface area (TPSA) is 94.2 Å². The zero-order chi connectivity index (χ0) is 23.7. The number of carbonyl (C=O) groups is 1. The number of piperazine rings is 1. The van der Waals surface area contributed by atoms with Gasteiger partial charge in [-0.3, -0.25) is 14.5 Å². The van der Waals surface area contributed by atoms with E-state index in [1.165, 1.54) is 0 Å². The SMILES string of the molecule is CCc1nc2ccc(C(C)N3CCN(c4ccc(C(=O)NC)nc4C)CC3)c(F)c2[nH]c1=O. The molecule has 3 aromatic rings. The number of benzene rings is 1. The lowest BCUT2D eigenvalue weighted by Gasteiger charge is -2.39. The van der Waals surface area contributed by atoms with Crippen molar-refractivity contribution >= 4 is 22.6 Å². The van der Waals surface area contributed by atoms with Gasteiger partial charge in [-0.2, -0.15) is 0 Å². The second kappa shape index (κ2) is 9.27. The zero-order valence-electron chi connectivity index (χ0n) is 19.4. The minimum absolute atomic E-state index is 0.152. The van der Waals surface area contributed by atoms with E-state index in [1.807, 2.05) is 26.8 Å². The van der Waals surface area contributed by atoms with Crippen LogP contribution in [0.2, 0.25) is 0 Å². The van der Waals surface area contributed by atoms with Crippen molar-refractivity contribution in [3.63, 3.8) is 0 Å². The number of aromatic amines is 1. The van der Waals surface area contributed by atoms with Gasteiger partial charge in [-0.05, 0) is 38.5 Å². The van der Waals surface area contributed by atoms with Crippen molar-refractivity contribution in [2.75, 3.05) is 38.1 Å². The Kier molecular flexibility index (Phi) is 6.42. The Hall–Kier alpha value is -3.33. The van der Waals surface area contributed by atoms with E-state index in [9.17, 15) is 9.59 Å². The lowest BCUT2D eigenvalue weighted by molar-refractivity contribution is 0.0958. The summed E-state index contributed by atoms with van der Waals surface area (Å²) in [4.78, 5) is 39.8. The molecule has 33 heavy (non-hydrogen) atoms. The molecule has 9 heteroatoms. The highest BCUT2D eigenvalue weighted by Crippen LogP contribution is 2.29. The van der Waals surface area contributed by atoms with Gasteiger partial charge in [0.1, 0.15) is 16.9 Å². The third-order valence-corrected chi connectivity index (χ3v) is 6.41. The summed E-state index contributed by atoms with van der Waals surface area (Å²) < 4.78 is 15.3. The fourth-order valence-electron chi connectivity index (χ4n) is 4.43. The second-order valence-corrected chi connectivity index (χ2v) is 8.31. The summed E-state index contributed by atoms with van der Waals surface area (Å²) in [5, 5.41) is 2.59. The average molecular weight is 453 g/mol. The van der Waals surface area contributed by atoms with Gasteiger partial charge < -0.3 is 15.2 Å². The summed E-state index contributed by atoms with van der Waals surface area (Å²) in [5.74, 6) is -0.623. The number of aromatic nitrogens is 3. The number of nitrogens with one attached hydrogen (secondary N) is 2. The van der Waals surface area contributed by atoms with E-state index < -0.39 is 5.82 Å². The number of rotatable bonds is 5. The number of halogens is 1. The molecule has 0 aliphatic carbocycles. The maximum absolute atomic E-state index is 15.3. The van der Waals surface area contributed by atoms with Crippen molar-refractivity contribution < 1.29 is 9.18 Å². The molecule has 4 rings (SSSR count). The first-order chi connectivity index (χ1) is 15.8. The molecular weight excluding hydrogens is 423 g/mol. The van der Waals surface area contributed by atoms with E-state index in [0.717, 1.165) is 37.6 Å². The zero-order valence-corrected chi connectivity index (χ0v) is 19.4. The van der Waals surface area contributed by atoms with Crippen LogP contribution in [0.15, 0.2) is 29.1 Å². The Morgan fingerprint density at radius 1 is 1.18 bits per heavy atom. The normalized spacial score (nSPS) is 15.6. The number of carbonyl (C=O) groups excluding carboxylic acids is 1. The van der Waals surface area contributed by atoms with E-state index in [0.29, 0.717) is 28.9 Å². The molecule has 0 saturated carbocycles. The largest absolute Gasteiger partial charge is 0.368 e. The van der Waals surface area contributed by atoms with Gasteiger partial charge in [-0.15, -0.1) is 0 Å². The molecule has 3 heterocycles. The first kappa shape index (κ1) is 22.8. The van der Waals surface area contributed by atoms with Crippen molar-refractivity contribution in [1.29, 1.82) is 0 Å². The molecule has 174 valence electrons. The number of fused-ring (bicyclic) bond motifs is 1. The Morgan fingerprint density at radius 3 is 2.55 bits per heavy atom. The Labute approximate surface area is 191 Å². The summed E-state index contributed by atoms with van der Waals surface area (Å²) in [6.45, 7) is 8.76. The van der Waals surface area contributed by atoms with E-state index in [-0.39, 0.29) is 23.0 Å². The van der Waals surface area contributed by atoms with Crippen molar-refractivity contribution in [3.05, 3.63) is 63.1 Å². The van der Waals surface area contributed by atoms with E-state index in [4.69, 9.17) is 0 Å². The molecule has 1 unspecified atom stereocenters. The molecule has 1 aromatic carbocycles. The van der Waals surface area contributed by atoms with Crippen molar-refractivity contribution in [3.8, 4) is 0 Å². The van der Waals surface area contributed by atoms with Gasteiger partial charge in [0.05, 0.1) is 16.9 Å². The highest BCUT2D eigenvalue weighted by atomic mass is 19.1. The summed E-state index contributed by atoms with van der Waals surface area (Å²) in [6, 6.07) is 7.06. The van der Waals surface area contributed by atoms with Crippen LogP contribution in [0.5, 0.6) is 0 Å². The number of pyridine rings is 1. The molecule has 2 aromatic heterocycles. The molecule has 0 bridgehead atoms. The van der Waals surface area contributed by atoms with E-state index in [2.05, 4.69) is 30.1 Å². The fraction of sp³-hybridized carbons (Fsp3) is 0.417. The standard InChI is InChI=1S/C24H29FN6O2/c1-5-17-24(33)29-22-18(28-17)7-6-16(21(22)25)15(3)30-10-12-31(13-11-30)20-9-8-19(23(32)26-4)27-14(20)2/h6-9,15H,5,10-13H2,1-4H3,(H,26,32)(H,29,33). The van der Waals surface area contributed by atoms with Gasteiger partial charge in [-0.1, -0.05) is 13.0 Å². The average Bonchev–Trinajstić information content (AvgIpc) is 2.83. The molecule has 1 fully saturated rings. The predicted molar refractivity (Wildman–Crippen MR) is 126 cm³/mol.